The van der Waals surface area contributed by atoms with Gasteiger partial charge in [0.05, 0.1) is 38.1 Å². The summed E-state index contributed by atoms with van der Waals surface area (Å²) < 4.78 is 11.2. The summed E-state index contributed by atoms with van der Waals surface area (Å²) in [6, 6.07) is -0.298. The molecule has 4 heterocycles. The lowest BCUT2D eigenvalue weighted by Gasteiger charge is -2.31. The van der Waals surface area contributed by atoms with E-state index in [1.54, 1.807) is 9.80 Å². The third-order valence-corrected chi connectivity index (χ3v) is 4.51. The Balaban J connectivity index is 1.14. The number of carbonyl (C=O) groups is 3. The van der Waals surface area contributed by atoms with Crippen LogP contribution in [0.15, 0.2) is 0 Å². The predicted molar refractivity (Wildman–Crippen MR) is 71.4 cm³/mol. The van der Waals surface area contributed by atoms with Gasteiger partial charge in [0.2, 0.25) is 11.8 Å². The molecule has 4 amide bonds. The number of urea groups is 1. The molecule has 0 saturated carbocycles. The molecule has 120 valence electrons. The highest BCUT2D eigenvalue weighted by molar-refractivity contribution is 5.83. The van der Waals surface area contributed by atoms with E-state index in [1.807, 2.05) is 0 Å². The first kappa shape index (κ1) is 13.8. The Kier molecular flexibility index (Phi) is 3.19. The molecule has 0 radical (unpaired) electrons. The smallest absolute Gasteiger partial charge is 0.314 e. The van der Waals surface area contributed by atoms with Crippen LogP contribution in [0.2, 0.25) is 0 Å². The van der Waals surface area contributed by atoms with Crippen LogP contribution in [-0.4, -0.2) is 78.5 Å². The maximum absolute atomic E-state index is 11.7. The highest BCUT2D eigenvalue weighted by Gasteiger charge is 2.46. The highest BCUT2D eigenvalue weighted by atomic mass is 16.5. The van der Waals surface area contributed by atoms with Crippen molar-refractivity contribution in [3.8, 4) is 0 Å². The highest BCUT2D eigenvalue weighted by Crippen LogP contribution is 2.29. The van der Waals surface area contributed by atoms with Gasteiger partial charge in [-0.1, -0.05) is 0 Å². The molecule has 9 nitrogen and oxygen atoms in total. The van der Waals surface area contributed by atoms with Crippen LogP contribution in [0, 0.1) is 0 Å². The molecule has 9 heteroatoms. The predicted octanol–water partition coefficient (Wildman–Crippen LogP) is -1.80. The number of amides is 4. The molecule has 0 aliphatic carbocycles. The molecule has 22 heavy (non-hydrogen) atoms. The van der Waals surface area contributed by atoms with E-state index in [0.717, 1.165) is 0 Å². The van der Waals surface area contributed by atoms with Crippen molar-refractivity contribution < 1.29 is 23.9 Å². The van der Waals surface area contributed by atoms with E-state index >= 15 is 0 Å². The Labute approximate surface area is 126 Å². The number of nitrogens with one attached hydrogen (secondary N) is 2. The van der Waals surface area contributed by atoms with Crippen LogP contribution in [-0.2, 0) is 19.1 Å². The minimum atomic E-state index is -0.298. The fourth-order valence-electron chi connectivity index (χ4n) is 3.20. The average Bonchev–Trinajstić information content (AvgIpc) is 3.00. The van der Waals surface area contributed by atoms with Crippen LogP contribution in [0.3, 0.4) is 0 Å². The third kappa shape index (κ3) is 2.30. The summed E-state index contributed by atoms with van der Waals surface area (Å²) >= 11 is 0. The Hall–Kier alpha value is -1.87. The van der Waals surface area contributed by atoms with Gasteiger partial charge < -0.3 is 29.9 Å². The zero-order valence-corrected chi connectivity index (χ0v) is 12.0. The van der Waals surface area contributed by atoms with E-state index < -0.39 is 0 Å². The minimum absolute atomic E-state index is 0.101. The SMILES string of the molecule is O=C(NCC1CN2C(=O)CC2O1)NCC1CN2C(=O)CC2O1. The zero-order chi connectivity index (χ0) is 15.3. The lowest BCUT2D eigenvalue weighted by Crippen LogP contribution is -2.48. The number of nitrogens with zero attached hydrogens (tertiary/aromatic N) is 2. The monoisotopic (exact) mass is 310 g/mol. The summed E-state index contributed by atoms with van der Waals surface area (Å²) in [7, 11) is 0. The topological polar surface area (TPSA) is 100 Å². The number of carbonyl (C=O) groups excluding carboxylic acids is 3. The molecule has 0 aromatic carbocycles. The van der Waals surface area contributed by atoms with Crippen LogP contribution in [0.5, 0.6) is 0 Å². The molecule has 2 N–H and O–H groups in total. The molecule has 4 rings (SSSR count). The zero-order valence-electron chi connectivity index (χ0n) is 12.0. The van der Waals surface area contributed by atoms with Crippen molar-refractivity contribution >= 4 is 17.8 Å². The third-order valence-electron chi connectivity index (χ3n) is 4.51. The molecule has 0 bridgehead atoms. The first-order valence-corrected chi connectivity index (χ1v) is 7.51. The molecule has 4 aliphatic heterocycles. The van der Waals surface area contributed by atoms with E-state index in [-0.39, 0.29) is 42.5 Å². The van der Waals surface area contributed by atoms with Crippen LogP contribution < -0.4 is 10.6 Å². The maximum atomic E-state index is 11.7. The average molecular weight is 310 g/mol. The number of fused-ring (bicyclic) bond motifs is 2. The van der Waals surface area contributed by atoms with Crippen molar-refractivity contribution in [3.63, 3.8) is 0 Å². The van der Waals surface area contributed by atoms with Crippen molar-refractivity contribution in [2.75, 3.05) is 26.2 Å². The van der Waals surface area contributed by atoms with Gasteiger partial charge in [-0.25, -0.2) is 4.79 Å². The number of hydrogen-bond donors (Lipinski definition) is 2. The number of β-lactam (4-membered cyclic amide) rings is 2. The molecule has 4 saturated heterocycles. The molecular weight excluding hydrogens is 292 g/mol. The molecule has 0 spiro atoms. The second kappa shape index (κ2) is 5.10. The van der Waals surface area contributed by atoms with Crippen LogP contribution >= 0.6 is 0 Å². The maximum Gasteiger partial charge on any atom is 0.314 e. The second-order valence-electron chi connectivity index (χ2n) is 6.02. The van der Waals surface area contributed by atoms with Gasteiger partial charge >= 0.3 is 6.03 Å². The molecule has 4 aliphatic rings. The Morgan fingerprint density at radius 2 is 1.41 bits per heavy atom. The van der Waals surface area contributed by atoms with Gasteiger partial charge in [0.25, 0.3) is 0 Å². The standard InChI is InChI=1S/C13H18N4O5/c18-9-1-11-16(9)5-7(21-11)3-14-13(20)15-4-8-6-17-10(19)2-12(17)22-8/h7-8,11-12H,1-6H2,(H2,14,15,20). The van der Waals surface area contributed by atoms with E-state index in [9.17, 15) is 14.4 Å². The minimum Gasteiger partial charge on any atom is -0.351 e. The number of ether oxygens (including phenoxy) is 2. The molecule has 4 atom stereocenters. The Morgan fingerprint density at radius 1 is 0.955 bits per heavy atom. The van der Waals surface area contributed by atoms with Gasteiger partial charge in [-0.15, -0.1) is 0 Å². The molecule has 4 unspecified atom stereocenters. The van der Waals surface area contributed by atoms with Gasteiger partial charge in [-0.3, -0.25) is 9.59 Å². The quantitative estimate of drug-likeness (QED) is 0.597. The van der Waals surface area contributed by atoms with Gasteiger partial charge in [-0.05, 0) is 0 Å². The van der Waals surface area contributed by atoms with Crippen LogP contribution in [0.4, 0.5) is 4.79 Å². The Morgan fingerprint density at radius 3 is 1.77 bits per heavy atom. The van der Waals surface area contributed by atoms with Crippen molar-refractivity contribution in [1.29, 1.82) is 0 Å². The molecule has 0 aromatic rings. The van der Waals surface area contributed by atoms with Crippen LogP contribution in [0.1, 0.15) is 12.8 Å². The Bertz CT molecular complexity index is 483. The van der Waals surface area contributed by atoms with E-state index in [1.165, 1.54) is 0 Å². The van der Waals surface area contributed by atoms with Crippen molar-refractivity contribution in [2.45, 2.75) is 37.5 Å². The van der Waals surface area contributed by atoms with E-state index in [0.29, 0.717) is 39.0 Å². The summed E-state index contributed by atoms with van der Waals surface area (Å²) in [5.74, 6) is 0.212. The van der Waals surface area contributed by atoms with Crippen LogP contribution in [0.25, 0.3) is 0 Å². The summed E-state index contributed by atoms with van der Waals surface area (Å²) in [6.07, 6.45) is 0.387. The number of rotatable bonds is 4. The molecule has 0 aromatic heterocycles. The summed E-state index contributed by atoms with van der Waals surface area (Å²) in [4.78, 5) is 37.6. The number of hydrogen-bond acceptors (Lipinski definition) is 5. The molecule has 4 fully saturated rings. The van der Waals surface area contributed by atoms with Gasteiger partial charge in [-0.2, -0.15) is 0 Å². The van der Waals surface area contributed by atoms with E-state index in [4.69, 9.17) is 9.47 Å². The fraction of sp³-hybridized carbons (Fsp3) is 0.769. The largest absolute Gasteiger partial charge is 0.351 e. The van der Waals surface area contributed by atoms with Gasteiger partial charge in [0.15, 0.2) is 0 Å². The normalized spacial score (nSPS) is 35.6. The lowest BCUT2D eigenvalue weighted by molar-refractivity contribution is -0.157. The van der Waals surface area contributed by atoms with Crippen molar-refractivity contribution in [1.82, 2.24) is 20.4 Å². The molecular formula is C13H18N4O5. The van der Waals surface area contributed by atoms with E-state index in [2.05, 4.69) is 10.6 Å². The summed E-state index contributed by atoms with van der Waals surface area (Å²) in [5.41, 5.74) is 0. The first-order valence-electron chi connectivity index (χ1n) is 7.51. The van der Waals surface area contributed by atoms with Gasteiger partial charge in [0.1, 0.15) is 12.5 Å². The van der Waals surface area contributed by atoms with Crippen molar-refractivity contribution in [2.24, 2.45) is 0 Å². The van der Waals surface area contributed by atoms with Crippen molar-refractivity contribution in [3.05, 3.63) is 0 Å². The second-order valence-corrected chi connectivity index (χ2v) is 6.02. The lowest BCUT2D eigenvalue weighted by atomic mass is 10.2. The fourth-order valence-corrected chi connectivity index (χ4v) is 3.20. The first-order chi connectivity index (χ1) is 10.6. The summed E-state index contributed by atoms with van der Waals surface area (Å²) in [6.45, 7) is 1.80. The van der Waals surface area contributed by atoms with Gasteiger partial charge in [0, 0.05) is 13.1 Å². The summed E-state index contributed by atoms with van der Waals surface area (Å²) in [5, 5.41) is 5.46.